The van der Waals surface area contributed by atoms with E-state index in [9.17, 15) is 9.18 Å². The number of Topliss-reactive ketones (excluding diaryl/α,β-unsaturated/α-hetero) is 1. The van der Waals surface area contributed by atoms with Gasteiger partial charge in [0.05, 0.1) is 6.54 Å². The van der Waals surface area contributed by atoms with Gasteiger partial charge in [-0.1, -0.05) is 0 Å². The Morgan fingerprint density at radius 1 is 1.24 bits per heavy atom. The molecule has 0 unspecified atom stereocenters. The molecule has 2 aromatic rings. The molecule has 1 aliphatic heterocycles. The van der Waals surface area contributed by atoms with Gasteiger partial charge in [0.15, 0.2) is 5.78 Å². The number of benzene rings is 1. The smallest absolute Gasteiger partial charge is 0.176 e. The zero-order valence-electron chi connectivity index (χ0n) is 14.5. The van der Waals surface area contributed by atoms with Crippen LogP contribution in [-0.4, -0.2) is 41.8 Å². The fourth-order valence-electron chi connectivity index (χ4n) is 3.16. The standard InChI is InChI=1S/C20H24FN3O/c1-15-6-9-22-20(12-15)23-13-16-7-10-24(11-8-16)14-19(25)17-2-4-18(21)5-3-17/h2-6,9,12,16H,7-8,10-11,13-14H2,1H3,(H,22,23). The van der Waals surface area contributed by atoms with Crippen molar-refractivity contribution in [2.45, 2.75) is 19.8 Å². The van der Waals surface area contributed by atoms with Crippen LogP contribution in [0.4, 0.5) is 10.2 Å². The summed E-state index contributed by atoms with van der Waals surface area (Å²) in [6, 6.07) is 9.83. The molecule has 4 nitrogen and oxygen atoms in total. The molecule has 0 amide bonds. The summed E-state index contributed by atoms with van der Waals surface area (Å²) >= 11 is 0. The summed E-state index contributed by atoms with van der Waals surface area (Å²) in [5.41, 5.74) is 1.78. The zero-order chi connectivity index (χ0) is 17.6. The highest BCUT2D eigenvalue weighted by atomic mass is 19.1. The first-order valence-electron chi connectivity index (χ1n) is 8.78. The van der Waals surface area contributed by atoms with E-state index in [4.69, 9.17) is 0 Å². The normalized spacial score (nSPS) is 15.9. The fraction of sp³-hybridized carbons (Fsp3) is 0.400. The van der Waals surface area contributed by atoms with Gasteiger partial charge in [0.25, 0.3) is 0 Å². The third-order valence-electron chi connectivity index (χ3n) is 4.73. The van der Waals surface area contributed by atoms with Crippen molar-refractivity contribution in [2.24, 2.45) is 5.92 Å². The Balaban J connectivity index is 1.42. The summed E-state index contributed by atoms with van der Waals surface area (Å²) in [6.07, 6.45) is 3.95. The number of aryl methyl sites for hydroxylation is 1. The highest BCUT2D eigenvalue weighted by Gasteiger charge is 2.21. The molecule has 1 aromatic carbocycles. The van der Waals surface area contributed by atoms with E-state index in [1.54, 1.807) is 12.1 Å². The lowest BCUT2D eigenvalue weighted by Crippen LogP contribution is -2.38. The van der Waals surface area contributed by atoms with Gasteiger partial charge in [0.1, 0.15) is 11.6 Å². The highest BCUT2D eigenvalue weighted by Crippen LogP contribution is 2.18. The first kappa shape index (κ1) is 17.5. The Morgan fingerprint density at radius 2 is 1.96 bits per heavy atom. The van der Waals surface area contributed by atoms with E-state index in [-0.39, 0.29) is 11.6 Å². The summed E-state index contributed by atoms with van der Waals surface area (Å²) in [7, 11) is 0. The van der Waals surface area contributed by atoms with Crippen LogP contribution in [0.15, 0.2) is 42.6 Å². The molecule has 0 aliphatic carbocycles. The van der Waals surface area contributed by atoms with Crippen LogP contribution < -0.4 is 5.32 Å². The number of nitrogens with one attached hydrogen (secondary N) is 1. The van der Waals surface area contributed by atoms with Crippen molar-refractivity contribution >= 4 is 11.6 Å². The molecule has 132 valence electrons. The van der Waals surface area contributed by atoms with Gasteiger partial charge in [0.2, 0.25) is 0 Å². The van der Waals surface area contributed by atoms with E-state index in [0.717, 1.165) is 38.3 Å². The molecule has 3 rings (SSSR count). The molecular weight excluding hydrogens is 317 g/mol. The number of aromatic nitrogens is 1. The first-order chi connectivity index (χ1) is 12.1. The number of rotatable bonds is 6. The molecule has 5 heteroatoms. The number of likely N-dealkylation sites (tertiary alicyclic amines) is 1. The van der Waals surface area contributed by atoms with Gasteiger partial charge in [-0.2, -0.15) is 0 Å². The van der Waals surface area contributed by atoms with Crippen molar-refractivity contribution in [3.63, 3.8) is 0 Å². The quantitative estimate of drug-likeness (QED) is 0.817. The van der Waals surface area contributed by atoms with Crippen LogP contribution in [0.25, 0.3) is 0 Å². The van der Waals surface area contributed by atoms with Crippen molar-refractivity contribution in [3.05, 3.63) is 59.5 Å². The van der Waals surface area contributed by atoms with Gasteiger partial charge >= 0.3 is 0 Å². The second-order valence-corrected chi connectivity index (χ2v) is 6.75. The summed E-state index contributed by atoms with van der Waals surface area (Å²) in [6.45, 7) is 5.21. The number of nitrogens with zero attached hydrogens (tertiary/aromatic N) is 2. The van der Waals surface area contributed by atoms with Crippen molar-refractivity contribution in [2.75, 3.05) is 31.5 Å². The molecule has 25 heavy (non-hydrogen) atoms. The summed E-state index contributed by atoms with van der Waals surface area (Å²) < 4.78 is 12.9. The molecule has 1 aliphatic rings. The Kier molecular flexibility index (Phi) is 5.76. The number of hydrogen-bond donors (Lipinski definition) is 1. The lowest BCUT2D eigenvalue weighted by molar-refractivity contribution is 0.0898. The van der Waals surface area contributed by atoms with E-state index < -0.39 is 0 Å². The predicted molar refractivity (Wildman–Crippen MR) is 97.4 cm³/mol. The number of anilines is 1. The summed E-state index contributed by atoms with van der Waals surface area (Å²) in [5.74, 6) is 1.27. The van der Waals surface area contributed by atoms with Gasteiger partial charge in [0, 0.05) is 18.3 Å². The molecule has 0 spiro atoms. The van der Waals surface area contributed by atoms with E-state index in [2.05, 4.69) is 28.2 Å². The van der Waals surface area contributed by atoms with Crippen molar-refractivity contribution < 1.29 is 9.18 Å². The number of carbonyl (C=O) groups is 1. The van der Waals surface area contributed by atoms with Crippen LogP contribution in [0.5, 0.6) is 0 Å². The zero-order valence-corrected chi connectivity index (χ0v) is 14.5. The van der Waals surface area contributed by atoms with E-state index in [1.807, 2.05) is 12.3 Å². The third-order valence-corrected chi connectivity index (χ3v) is 4.73. The second-order valence-electron chi connectivity index (χ2n) is 6.75. The first-order valence-corrected chi connectivity index (χ1v) is 8.78. The van der Waals surface area contributed by atoms with Crippen molar-refractivity contribution in [1.82, 2.24) is 9.88 Å². The molecule has 1 saturated heterocycles. The van der Waals surface area contributed by atoms with Crippen molar-refractivity contribution in [3.8, 4) is 0 Å². The molecule has 0 bridgehead atoms. The van der Waals surface area contributed by atoms with Gasteiger partial charge in [-0.3, -0.25) is 9.69 Å². The largest absolute Gasteiger partial charge is 0.370 e. The molecule has 1 fully saturated rings. The van der Waals surface area contributed by atoms with Gasteiger partial charge in [-0.15, -0.1) is 0 Å². The third kappa shape index (κ3) is 5.10. The van der Waals surface area contributed by atoms with Crippen LogP contribution in [0, 0.1) is 18.7 Å². The van der Waals surface area contributed by atoms with Gasteiger partial charge < -0.3 is 5.32 Å². The van der Waals surface area contributed by atoms with Gasteiger partial charge in [-0.05, 0) is 80.7 Å². The average Bonchev–Trinajstić information content (AvgIpc) is 2.62. The summed E-state index contributed by atoms with van der Waals surface area (Å²) in [5, 5.41) is 3.41. The fourth-order valence-corrected chi connectivity index (χ4v) is 3.16. The number of pyridine rings is 1. The monoisotopic (exact) mass is 341 g/mol. The Bertz CT molecular complexity index is 709. The molecule has 0 radical (unpaired) electrons. The Hall–Kier alpha value is -2.27. The maximum absolute atomic E-state index is 12.9. The predicted octanol–water partition coefficient (Wildman–Crippen LogP) is 3.54. The Morgan fingerprint density at radius 3 is 2.64 bits per heavy atom. The lowest BCUT2D eigenvalue weighted by Gasteiger charge is -2.31. The second kappa shape index (κ2) is 8.21. The topological polar surface area (TPSA) is 45.2 Å². The number of hydrogen-bond acceptors (Lipinski definition) is 4. The minimum Gasteiger partial charge on any atom is -0.370 e. The van der Waals surface area contributed by atoms with Crippen LogP contribution in [-0.2, 0) is 0 Å². The molecular formula is C20H24FN3O. The minimum atomic E-state index is -0.312. The number of ketones is 1. The maximum Gasteiger partial charge on any atom is 0.176 e. The SMILES string of the molecule is Cc1ccnc(NCC2CCN(CC(=O)c3ccc(F)cc3)CC2)c1. The summed E-state index contributed by atoms with van der Waals surface area (Å²) in [4.78, 5) is 18.8. The molecule has 0 saturated carbocycles. The van der Waals surface area contributed by atoms with E-state index in [1.165, 1.54) is 17.7 Å². The highest BCUT2D eigenvalue weighted by molar-refractivity contribution is 5.97. The molecule has 2 heterocycles. The van der Waals surface area contributed by atoms with Crippen LogP contribution >= 0.6 is 0 Å². The number of carbonyl (C=O) groups excluding carboxylic acids is 1. The van der Waals surface area contributed by atoms with Crippen LogP contribution in [0.3, 0.4) is 0 Å². The molecule has 1 N–H and O–H groups in total. The molecule has 1 aromatic heterocycles. The average molecular weight is 341 g/mol. The number of halogens is 1. The number of piperidine rings is 1. The van der Waals surface area contributed by atoms with E-state index in [0.29, 0.717) is 18.0 Å². The van der Waals surface area contributed by atoms with Gasteiger partial charge in [-0.25, -0.2) is 9.37 Å². The molecule has 0 atom stereocenters. The van der Waals surface area contributed by atoms with E-state index >= 15 is 0 Å². The van der Waals surface area contributed by atoms with Crippen LogP contribution in [0.1, 0.15) is 28.8 Å². The lowest BCUT2D eigenvalue weighted by atomic mass is 9.96. The minimum absolute atomic E-state index is 0.0561. The Labute approximate surface area is 148 Å². The van der Waals surface area contributed by atoms with Crippen LogP contribution in [0.2, 0.25) is 0 Å². The maximum atomic E-state index is 12.9. The van der Waals surface area contributed by atoms with Crippen molar-refractivity contribution in [1.29, 1.82) is 0 Å².